The Morgan fingerprint density at radius 1 is 1.11 bits per heavy atom. The quantitative estimate of drug-likeness (QED) is 0.528. The maximum atomic E-state index is 11.6. The lowest BCUT2D eigenvalue weighted by Gasteiger charge is -2.35. The largest absolute Gasteiger partial charge is 0.458 e. The van der Waals surface area contributed by atoms with E-state index in [9.17, 15) is 4.79 Å². The molecule has 3 fully saturated rings. The van der Waals surface area contributed by atoms with Gasteiger partial charge in [-0.3, -0.25) is 0 Å². The van der Waals surface area contributed by atoms with Gasteiger partial charge in [0.1, 0.15) is 6.10 Å². The number of esters is 1. The van der Waals surface area contributed by atoms with Gasteiger partial charge in [-0.15, -0.1) is 0 Å². The number of carbonyl (C=O) groups is 1. The van der Waals surface area contributed by atoms with E-state index in [0.717, 1.165) is 18.4 Å². The summed E-state index contributed by atoms with van der Waals surface area (Å²) < 4.78 is 5.44. The van der Waals surface area contributed by atoms with Gasteiger partial charge in [0, 0.05) is 17.5 Å². The lowest BCUT2D eigenvalue weighted by Crippen LogP contribution is -2.40. The lowest BCUT2D eigenvalue weighted by atomic mass is 9.90. The van der Waals surface area contributed by atoms with Gasteiger partial charge in [-0.25, -0.2) is 4.79 Å². The van der Waals surface area contributed by atoms with Gasteiger partial charge >= 0.3 is 5.97 Å². The van der Waals surface area contributed by atoms with E-state index >= 15 is 0 Å². The van der Waals surface area contributed by atoms with Crippen LogP contribution in [0.1, 0.15) is 44.9 Å². The van der Waals surface area contributed by atoms with E-state index in [1.165, 1.54) is 45.2 Å². The van der Waals surface area contributed by atoms with Gasteiger partial charge < -0.3 is 9.64 Å². The summed E-state index contributed by atoms with van der Waals surface area (Å²) in [6.07, 6.45) is 8.72. The molecule has 0 amide bonds. The summed E-state index contributed by atoms with van der Waals surface area (Å²) in [6.45, 7) is 6.43. The van der Waals surface area contributed by atoms with Crippen LogP contribution >= 0.6 is 0 Å². The van der Waals surface area contributed by atoms with E-state index in [0.29, 0.717) is 6.04 Å². The van der Waals surface area contributed by atoms with E-state index in [1.807, 2.05) is 0 Å². The molecule has 0 aromatic carbocycles. The molecular weight excluding hydrogens is 226 g/mol. The smallest absolute Gasteiger partial charge is 0.334 e. The first-order chi connectivity index (χ1) is 8.75. The topological polar surface area (TPSA) is 29.5 Å². The van der Waals surface area contributed by atoms with E-state index in [-0.39, 0.29) is 18.0 Å². The molecular formula is C15H23NO2. The molecule has 0 radical (unpaired) electrons. The Morgan fingerprint density at radius 2 is 1.89 bits per heavy atom. The van der Waals surface area contributed by atoms with Crippen LogP contribution < -0.4 is 0 Å². The van der Waals surface area contributed by atoms with Crippen LogP contribution in [0, 0.1) is 5.92 Å². The van der Waals surface area contributed by atoms with Crippen molar-refractivity contribution in [2.45, 2.75) is 57.1 Å². The molecule has 0 aromatic rings. The van der Waals surface area contributed by atoms with Crippen molar-refractivity contribution in [2.24, 2.45) is 5.92 Å². The van der Waals surface area contributed by atoms with Crippen molar-refractivity contribution in [3.05, 3.63) is 12.2 Å². The molecule has 3 aliphatic rings. The second kappa shape index (κ2) is 5.04. The summed E-state index contributed by atoms with van der Waals surface area (Å²) in [6, 6.07) is 0.645. The predicted octanol–water partition coefficient (Wildman–Crippen LogP) is 2.51. The number of fused-ring (bicyclic) bond motifs is 1. The molecule has 0 spiro atoms. The Bertz CT molecular complexity index is 346. The molecule has 3 atom stereocenters. The standard InChI is InChI=1S/C15H23NO2/c1-11-13-10-12(16-8-3-2-4-9-16)6-5-7-14(13)18-15(11)17/h12-14H,1-10H2. The third-order valence-corrected chi connectivity index (χ3v) is 4.88. The van der Waals surface area contributed by atoms with Gasteiger partial charge in [0.05, 0.1) is 0 Å². The summed E-state index contributed by atoms with van der Waals surface area (Å²) in [5, 5.41) is 0. The number of likely N-dealkylation sites (tertiary alicyclic amines) is 1. The third kappa shape index (κ3) is 2.20. The second-order valence-corrected chi connectivity index (χ2v) is 5.99. The van der Waals surface area contributed by atoms with Crippen LogP contribution in [0.15, 0.2) is 12.2 Å². The molecule has 2 heterocycles. The molecule has 2 saturated heterocycles. The summed E-state index contributed by atoms with van der Waals surface area (Å²) in [5.41, 5.74) is 0.726. The first-order valence-electron chi connectivity index (χ1n) is 7.39. The molecule has 2 aliphatic heterocycles. The predicted molar refractivity (Wildman–Crippen MR) is 70.2 cm³/mol. The highest BCUT2D eigenvalue weighted by atomic mass is 16.6. The zero-order valence-corrected chi connectivity index (χ0v) is 11.1. The van der Waals surface area contributed by atoms with Gasteiger partial charge in [0.25, 0.3) is 0 Å². The molecule has 1 saturated carbocycles. The number of hydrogen-bond donors (Lipinski definition) is 0. The number of nitrogens with zero attached hydrogens (tertiary/aromatic N) is 1. The molecule has 1 aliphatic carbocycles. The molecule has 3 heteroatoms. The molecule has 0 bridgehead atoms. The van der Waals surface area contributed by atoms with Gasteiger partial charge in [-0.2, -0.15) is 0 Å². The highest BCUT2D eigenvalue weighted by Crippen LogP contribution is 2.38. The fourth-order valence-corrected chi connectivity index (χ4v) is 3.81. The van der Waals surface area contributed by atoms with E-state index in [1.54, 1.807) is 0 Å². The Hall–Kier alpha value is -0.830. The van der Waals surface area contributed by atoms with Crippen molar-refractivity contribution in [1.82, 2.24) is 4.90 Å². The van der Waals surface area contributed by atoms with Crippen molar-refractivity contribution < 1.29 is 9.53 Å². The monoisotopic (exact) mass is 249 g/mol. The minimum Gasteiger partial charge on any atom is -0.458 e. The fraction of sp³-hybridized carbons (Fsp3) is 0.800. The molecule has 3 nitrogen and oxygen atoms in total. The number of piperidine rings is 1. The number of hydrogen-bond acceptors (Lipinski definition) is 3. The Balaban J connectivity index is 1.70. The van der Waals surface area contributed by atoms with Crippen LogP contribution in [0.5, 0.6) is 0 Å². The van der Waals surface area contributed by atoms with Gasteiger partial charge in [-0.05, 0) is 51.6 Å². The first kappa shape index (κ1) is 12.2. The van der Waals surface area contributed by atoms with Gasteiger partial charge in [0.15, 0.2) is 0 Å². The minimum absolute atomic E-state index is 0.125. The molecule has 100 valence electrons. The molecule has 18 heavy (non-hydrogen) atoms. The zero-order valence-electron chi connectivity index (χ0n) is 11.1. The van der Waals surface area contributed by atoms with E-state index < -0.39 is 0 Å². The van der Waals surface area contributed by atoms with E-state index in [4.69, 9.17) is 4.74 Å². The van der Waals surface area contributed by atoms with Crippen molar-refractivity contribution in [2.75, 3.05) is 13.1 Å². The summed E-state index contributed by atoms with van der Waals surface area (Å²) in [5.74, 6) is 0.135. The van der Waals surface area contributed by atoms with Crippen LogP contribution in [0.3, 0.4) is 0 Å². The second-order valence-electron chi connectivity index (χ2n) is 5.99. The lowest BCUT2D eigenvalue weighted by molar-refractivity contribution is -0.139. The van der Waals surface area contributed by atoms with Crippen LogP contribution in [0.2, 0.25) is 0 Å². The summed E-state index contributed by atoms with van der Waals surface area (Å²) >= 11 is 0. The van der Waals surface area contributed by atoms with Crippen LogP contribution in [0.25, 0.3) is 0 Å². The van der Waals surface area contributed by atoms with Crippen molar-refractivity contribution >= 4 is 5.97 Å². The highest BCUT2D eigenvalue weighted by molar-refractivity contribution is 5.90. The highest BCUT2D eigenvalue weighted by Gasteiger charge is 2.42. The Kier molecular flexibility index (Phi) is 3.42. The average molecular weight is 249 g/mol. The van der Waals surface area contributed by atoms with Crippen LogP contribution in [-0.2, 0) is 9.53 Å². The number of ether oxygens (including phenoxy) is 1. The van der Waals surface area contributed by atoms with Crippen molar-refractivity contribution in [3.63, 3.8) is 0 Å². The number of rotatable bonds is 1. The third-order valence-electron chi connectivity index (χ3n) is 4.88. The molecule has 0 N–H and O–H groups in total. The van der Waals surface area contributed by atoms with Gasteiger partial charge in [0.2, 0.25) is 0 Å². The Labute approximate surface area is 109 Å². The van der Waals surface area contributed by atoms with Crippen molar-refractivity contribution in [1.29, 1.82) is 0 Å². The minimum atomic E-state index is -0.149. The maximum Gasteiger partial charge on any atom is 0.334 e. The summed E-state index contributed by atoms with van der Waals surface area (Å²) in [4.78, 5) is 14.2. The Morgan fingerprint density at radius 3 is 2.67 bits per heavy atom. The molecule has 3 unspecified atom stereocenters. The zero-order chi connectivity index (χ0) is 12.5. The molecule has 3 rings (SSSR count). The summed E-state index contributed by atoms with van der Waals surface area (Å²) in [7, 11) is 0. The normalized spacial score (nSPS) is 38.1. The van der Waals surface area contributed by atoms with Crippen LogP contribution in [0.4, 0.5) is 0 Å². The molecule has 0 aromatic heterocycles. The van der Waals surface area contributed by atoms with Crippen LogP contribution in [-0.4, -0.2) is 36.1 Å². The average Bonchev–Trinajstić information content (AvgIpc) is 2.58. The first-order valence-corrected chi connectivity index (χ1v) is 7.39. The van der Waals surface area contributed by atoms with Crippen molar-refractivity contribution in [3.8, 4) is 0 Å². The number of carbonyl (C=O) groups excluding carboxylic acids is 1. The maximum absolute atomic E-state index is 11.6. The SMILES string of the molecule is C=C1C(=O)OC2CCCC(N3CCCCC3)CC12. The fourth-order valence-electron chi connectivity index (χ4n) is 3.81. The van der Waals surface area contributed by atoms with E-state index in [2.05, 4.69) is 11.5 Å². The van der Waals surface area contributed by atoms with Gasteiger partial charge in [-0.1, -0.05) is 13.0 Å².